The van der Waals surface area contributed by atoms with Crippen LogP contribution in [0.5, 0.6) is 11.5 Å². The molecule has 630 valence electrons. The van der Waals surface area contributed by atoms with Gasteiger partial charge in [-0.05, 0) is 190 Å². The van der Waals surface area contributed by atoms with E-state index in [0.29, 0.717) is 133 Å². The van der Waals surface area contributed by atoms with Crippen LogP contribution in [0.25, 0.3) is 66.2 Å². The number of nitrogen functional groups attached to an aromatic ring is 3. The fourth-order valence-corrected chi connectivity index (χ4v) is 19.4. The van der Waals surface area contributed by atoms with Gasteiger partial charge >= 0.3 is 12.5 Å². The number of benzene rings is 3. The Kier molecular flexibility index (Phi) is 23.2. The van der Waals surface area contributed by atoms with Gasteiger partial charge in [0.25, 0.3) is 0 Å². The molecule has 12 aromatic rings. The number of fused-ring (bicyclic) bond motifs is 6. The molecule has 9 aromatic heterocycles. The zero-order valence-electron chi connectivity index (χ0n) is 66.9. The fraction of sp³-hybridized carbons (Fsp3) is 0.536. The second-order valence-corrected chi connectivity index (χ2v) is 34.4. The summed E-state index contributed by atoms with van der Waals surface area (Å²) in [5.74, 6) is 5.35. The van der Waals surface area contributed by atoms with Crippen LogP contribution in [0.15, 0.2) is 110 Å². The van der Waals surface area contributed by atoms with E-state index in [0.717, 1.165) is 115 Å². The summed E-state index contributed by atoms with van der Waals surface area (Å²) in [5.41, 5.74) is 25.9. The Bertz CT molecular complexity index is 5470. The number of imidazole rings is 3. The zero-order chi connectivity index (χ0) is 82.9. The number of aliphatic hydroxyl groups excluding tert-OH is 6. The third-order valence-electron chi connectivity index (χ3n) is 26.1. The zero-order valence-corrected chi connectivity index (χ0v) is 66.9. The van der Waals surface area contributed by atoms with Gasteiger partial charge in [-0.3, -0.25) is 4.90 Å². The molecule has 0 aliphatic heterocycles. The maximum Gasteiger partial charge on any atom is 0.573 e. The topological polar surface area (TPSA) is 406 Å². The van der Waals surface area contributed by atoms with Crippen LogP contribution < -0.4 is 26.7 Å². The number of nitrogens with one attached hydrogen (secondary N) is 3. The molecule has 29 nitrogen and oxygen atoms in total. The predicted octanol–water partition coefficient (Wildman–Crippen LogP) is 10.5. The van der Waals surface area contributed by atoms with E-state index in [9.17, 15) is 52.6 Å². The molecule has 6 saturated carbocycles. The van der Waals surface area contributed by atoms with Gasteiger partial charge in [-0.15, -0.1) is 13.2 Å². The summed E-state index contributed by atoms with van der Waals surface area (Å²) in [7, 11) is 4.24. The Morgan fingerprint density at radius 1 is 0.458 bits per heavy atom. The number of nitrogens with two attached hydrogens (primary N) is 3. The lowest BCUT2D eigenvalue weighted by molar-refractivity contribution is -0.274. The van der Waals surface area contributed by atoms with E-state index in [1.54, 1.807) is 12.1 Å². The molecule has 15 N–H and O–H groups in total. The second-order valence-electron chi connectivity index (χ2n) is 34.4. The fourth-order valence-electron chi connectivity index (χ4n) is 19.4. The highest BCUT2D eigenvalue weighted by Crippen LogP contribution is 2.46. The van der Waals surface area contributed by atoms with E-state index in [4.69, 9.17) is 22.2 Å². The molecular formula is C84H106F5N21O8. The molecule has 18 rings (SSSR count). The third kappa shape index (κ3) is 17.5. The van der Waals surface area contributed by atoms with Gasteiger partial charge in [-0.1, -0.05) is 6.07 Å². The largest absolute Gasteiger partial charge is 0.573 e. The van der Waals surface area contributed by atoms with Crippen LogP contribution in [0.2, 0.25) is 0 Å². The number of nitrogens with zero attached hydrogens (tertiary/aromatic N) is 15. The first kappa shape index (κ1) is 81.9. The molecule has 6 fully saturated rings. The number of hydrogen-bond donors (Lipinski definition) is 12. The molecule has 0 saturated heterocycles. The smallest absolute Gasteiger partial charge is 0.433 e. The average molecular weight is 1630 g/mol. The number of aryl methyl sites for hydroxylation is 4. The Morgan fingerprint density at radius 2 is 0.805 bits per heavy atom. The van der Waals surface area contributed by atoms with Crippen molar-refractivity contribution < 1.29 is 62.1 Å². The number of ether oxygens (including phenoxy) is 2. The molecule has 0 unspecified atom stereocenters. The third-order valence-corrected chi connectivity index (χ3v) is 26.1. The summed E-state index contributed by atoms with van der Waals surface area (Å²) >= 11 is 0. The lowest BCUT2D eigenvalue weighted by atomic mass is 9.76. The van der Waals surface area contributed by atoms with Crippen molar-refractivity contribution in [1.82, 2.24) is 88.2 Å². The first-order chi connectivity index (χ1) is 56.4. The minimum absolute atomic E-state index is 0.00434. The molecule has 6 aliphatic carbocycles. The van der Waals surface area contributed by atoms with Gasteiger partial charge in [0.15, 0.2) is 0 Å². The molecule has 3 aromatic carbocycles. The monoisotopic (exact) mass is 1630 g/mol. The lowest BCUT2D eigenvalue weighted by Gasteiger charge is -2.46. The standard InChI is InChI=1S/C29H36F3N7O3.C28H35F2N7O3.C27H35N7O2/c1-15(2)39(13-17-11-23(26(41)25(17)40)38-8-7-20-27(33)34-14-35-28(20)38)18-9-16(10-18)3-6-24-36-21-5-4-19(12-22(21)37-24)42-29(30,31)32;1-28(29,30)40-18-4-5-20-21(12-18)35-23(34-20)6-3-15-9-17(10-15)36(2)13-16-11-22(25(39)24(16)38)37-8-7-19-26(31)32-14-33-27(19)37;1-15-3-5-20-21(9-15)32-23(31-20)6-4-16-10-18(11-16)33(2)13-17-12-22(25(36)24(17)35)34-8-7-19-26(28)29-14-30-27(19)34/h4-5,7-8,12,14-18,23,25-26,40-41H,3,6,9-11,13H2,1-2H3,(H,36,37)(H2,33,34,35);4-5,7-8,12,14-17,22,24-25,38-39H,3,6,9-11,13H2,1-2H3,(H,34,35)(H2,31,32,33);3,5,7-9,14,16-18,22,24-25,35-36H,4,6,10-13H2,1-2H3,(H,31,32)(H2,28,29,30)/t16?,17-,18?,23-,25-,26+;15?,16-,17?,22-,24-,25+;16?,17-,18?,22-,24-,25+/m111/s1. The maximum absolute atomic E-state index is 13.2. The van der Waals surface area contributed by atoms with Crippen LogP contribution >= 0.6 is 0 Å². The number of aromatic amines is 3. The highest BCUT2D eigenvalue weighted by molar-refractivity contribution is 5.88. The number of anilines is 3. The summed E-state index contributed by atoms with van der Waals surface area (Å²) in [6.07, 6.45) is 10.8. The Morgan fingerprint density at radius 3 is 1.17 bits per heavy atom. The molecule has 118 heavy (non-hydrogen) atoms. The van der Waals surface area contributed by atoms with Gasteiger partial charge in [-0.25, -0.2) is 44.9 Å². The van der Waals surface area contributed by atoms with Gasteiger partial charge in [0, 0.05) is 118 Å². The number of hydrogen-bond acceptors (Lipinski definition) is 23. The molecule has 0 bridgehead atoms. The SMILES string of the molecule is CC(C)N(C[C@H]1C[C@@H](n2ccc3c(N)ncnc32)[C@H](O)[C@@H]1O)C1CC(CCc2nc3ccc(OC(F)(F)F)cc3[nH]2)C1.CN(C[C@H]1C[C@@H](n2ccc3c(N)ncnc32)[C@H](O)[C@@H]1O)C1CC(CCc2nc3ccc(OC(C)(F)F)cc3[nH]2)C1.Cc1ccc2nc(CCC3CC(N(C)C[C@H]4C[C@@H](n5ccc6c(N)ncnc65)[C@H](O)[C@@H]4O)C3)[nH]c2c1. The van der Waals surface area contributed by atoms with Gasteiger partial charge in [0.1, 0.15) is 101 Å². The van der Waals surface area contributed by atoms with Crippen molar-refractivity contribution in [2.45, 2.75) is 215 Å². The van der Waals surface area contributed by atoms with Crippen LogP contribution in [0.1, 0.15) is 139 Å². The molecular weight excluding hydrogens is 1530 g/mol. The first-order valence-electron chi connectivity index (χ1n) is 41.1. The van der Waals surface area contributed by atoms with Crippen LogP contribution in [-0.4, -0.2) is 226 Å². The first-order valence-corrected chi connectivity index (χ1v) is 41.1. The van der Waals surface area contributed by atoms with Gasteiger partial charge < -0.3 is 95.8 Å². The lowest BCUT2D eigenvalue weighted by Crippen LogP contribution is -2.51. The van der Waals surface area contributed by atoms with Crippen LogP contribution in [0, 0.1) is 42.4 Å². The summed E-state index contributed by atoms with van der Waals surface area (Å²) < 4.78 is 78.4. The van der Waals surface area contributed by atoms with Crippen molar-refractivity contribution in [3.05, 3.63) is 133 Å². The summed E-state index contributed by atoms with van der Waals surface area (Å²) in [6.45, 7) is 9.29. The van der Waals surface area contributed by atoms with Crippen LogP contribution in [-0.2, 0) is 19.3 Å². The normalized spacial score (nSPS) is 27.3. The predicted molar refractivity (Wildman–Crippen MR) is 436 cm³/mol. The van der Waals surface area contributed by atoms with Crippen molar-refractivity contribution >= 4 is 83.7 Å². The minimum atomic E-state index is -4.74. The highest BCUT2D eigenvalue weighted by atomic mass is 19.4. The van der Waals surface area contributed by atoms with Crippen molar-refractivity contribution in [3.63, 3.8) is 0 Å². The van der Waals surface area contributed by atoms with Gasteiger partial charge in [0.2, 0.25) is 0 Å². The number of aromatic nitrogens is 15. The molecule has 34 heteroatoms. The van der Waals surface area contributed by atoms with E-state index >= 15 is 0 Å². The quantitative estimate of drug-likeness (QED) is 0.0237. The Labute approximate surface area is 677 Å². The molecule has 0 amide bonds. The van der Waals surface area contributed by atoms with E-state index in [1.165, 1.54) is 61.7 Å². The van der Waals surface area contributed by atoms with E-state index < -0.39 is 49.1 Å². The Balaban J connectivity index is 0.000000133. The van der Waals surface area contributed by atoms with Gasteiger partial charge in [-0.2, -0.15) is 8.78 Å². The molecule has 9 heterocycles. The molecule has 0 radical (unpaired) electrons. The summed E-state index contributed by atoms with van der Waals surface area (Å²) in [6, 6.07) is 21.6. The van der Waals surface area contributed by atoms with Crippen LogP contribution in [0.4, 0.5) is 39.4 Å². The van der Waals surface area contributed by atoms with Crippen molar-refractivity contribution in [2.75, 3.05) is 50.9 Å². The number of rotatable bonds is 25. The average Bonchev–Trinajstić information content (AvgIpc) is 1.62. The number of alkyl halides is 5. The highest BCUT2D eigenvalue weighted by Gasteiger charge is 2.49. The molecule has 6 aliphatic rings. The summed E-state index contributed by atoms with van der Waals surface area (Å²) in [4.78, 5) is 56.0. The van der Waals surface area contributed by atoms with Crippen molar-refractivity contribution in [3.8, 4) is 11.5 Å². The number of halogens is 5. The number of H-pyrrole nitrogens is 3. The molecule has 0 spiro atoms. The number of aliphatic hydroxyl groups is 6. The van der Waals surface area contributed by atoms with Crippen molar-refractivity contribution in [2.24, 2.45) is 35.5 Å². The molecule has 12 atom stereocenters. The van der Waals surface area contributed by atoms with E-state index in [1.807, 2.05) is 50.5 Å². The van der Waals surface area contributed by atoms with Gasteiger partial charge in [0.05, 0.1) is 85.7 Å². The van der Waals surface area contributed by atoms with Crippen LogP contribution in [0.3, 0.4) is 0 Å². The minimum Gasteiger partial charge on any atom is -0.433 e. The summed E-state index contributed by atoms with van der Waals surface area (Å²) in [5, 5.41) is 67.7. The van der Waals surface area contributed by atoms with E-state index in [-0.39, 0.29) is 53.4 Å². The Hall–Kier alpha value is -9.78. The van der Waals surface area contributed by atoms with E-state index in [2.05, 4.69) is 132 Å². The maximum atomic E-state index is 13.2. The second kappa shape index (κ2) is 33.4. The van der Waals surface area contributed by atoms with Crippen molar-refractivity contribution in [1.29, 1.82) is 0 Å².